The number of phenols is 1. The third kappa shape index (κ3) is 6.03. The van der Waals surface area contributed by atoms with E-state index in [1.54, 1.807) is 42.5 Å². The molecular weight excluding hydrogens is 440 g/mol. The maximum Gasteiger partial charge on any atom is 0.255 e. The first-order valence-corrected chi connectivity index (χ1v) is 11.5. The number of hydrogen-bond acceptors (Lipinski definition) is 4. The van der Waals surface area contributed by atoms with Crippen LogP contribution in [0.3, 0.4) is 0 Å². The second-order valence-corrected chi connectivity index (χ2v) is 8.59. The Labute approximate surface area is 204 Å². The van der Waals surface area contributed by atoms with Crippen LogP contribution in [0.25, 0.3) is 10.9 Å². The molecule has 4 rings (SSSR count). The fourth-order valence-corrected chi connectivity index (χ4v) is 3.86. The van der Waals surface area contributed by atoms with Gasteiger partial charge in [-0.3, -0.25) is 4.79 Å². The van der Waals surface area contributed by atoms with Crippen molar-refractivity contribution in [1.82, 2.24) is 10.3 Å². The number of benzene rings is 3. The van der Waals surface area contributed by atoms with Crippen LogP contribution in [0.5, 0.6) is 11.5 Å². The van der Waals surface area contributed by atoms with E-state index in [1.165, 1.54) is 0 Å². The lowest BCUT2D eigenvalue weighted by Crippen LogP contribution is -2.39. The van der Waals surface area contributed by atoms with E-state index in [-0.39, 0.29) is 24.4 Å². The first kappa shape index (κ1) is 23.9. The first-order valence-electron chi connectivity index (χ1n) is 11.5. The topological polar surface area (TPSA) is 94.6 Å². The minimum atomic E-state index is -0.476. The van der Waals surface area contributed by atoms with Gasteiger partial charge < -0.3 is 25.3 Å². The zero-order valence-electron chi connectivity index (χ0n) is 19.7. The van der Waals surface area contributed by atoms with E-state index in [2.05, 4.69) is 22.1 Å². The number of aliphatic hydroxyl groups excluding tert-OH is 1. The van der Waals surface area contributed by atoms with Crippen LogP contribution < -0.4 is 10.1 Å². The Hall–Kier alpha value is -4.21. The van der Waals surface area contributed by atoms with Crippen LogP contribution >= 0.6 is 0 Å². The normalized spacial score (nSPS) is 11.7. The smallest absolute Gasteiger partial charge is 0.255 e. The summed E-state index contributed by atoms with van der Waals surface area (Å²) in [4.78, 5) is 16.5. The van der Waals surface area contributed by atoms with Crippen LogP contribution in [-0.4, -0.2) is 39.9 Å². The lowest BCUT2D eigenvalue weighted by Gasteiger charge is -2.19. The lowest BCUT2D eigenvalue weighted by atomic mass is 10.0. The molecule has 0 unspecified atom stereocenters. The molecule has 1 amide bonds. The number of carbonyl (C=O) groups excluding carboxylic acids is 1. The molecule has 6 nitrogen and oxygen atoms in total. The minimum absolute atomic E-state index is 0.120. The van der Waals surface area contributed by atoms with Crippen molar-refractivity contribution < 1.29 is 19.7 Å². The first-order chi connectivity index (χ1) is 16.9. The van der Waals surface area contributed by atoms with E-state index in [0.717, 1.165) is 16.5 Å². The number of amides is 1. The van der Waals surface area contributed by atoms with Gasteiger partial charge in [0.25, 0.3) is 5.91 Å². The van der Waals surface area contributed by atoms with E-state index >= 15 is 0 Å². The van der Waals surface area contributed by atoms with Crippen molar-refractivity contribution in [3.63, 3.8) is 0 Å². The predicted molar refractivity (Wildman–Crippen MR) is 137 cm³/mol. The van der Waals surface area contributed by atoms with Gasteiger partial charge in [0, 0.05) is 28.2 Å². The number of aromatic hydroxyl groups is 1. The molecule has 35 heavy (non-hydrogen) atoms. The highest BCUT2D eigenvalue weighted by Gasteiger charge is 2.19. The van der Waals surface area contributed by atoms with Crippen LogP contribution in [0.4, 0.5) is 0 Å². The van der Waals surface area contributed by atoms with Crippen LogP contribution in [-0.2, 0) is 6.42 Å². The van der Waals surface area contributed by atoms with Gasteiger partial charge in [-0.25, -0.2) is 0 Å². The number of phenolic OH excluding ortho intramolecular Hbond substituents is 1. The van der Waals surface area contributed by atoms with Gasteiger partial charge in [0.2, 0.25) is 0 Å². The standard InChI is InChI=1S/C29H28N2O4/c1-19(2)35-28-13-12-21(11-10-20-6-5-7-24(33)14-20)15-26(28)29(34)31-23(18-32)16-22-17-30-27-9-4-3-8-25(22)27/h3-9,12-15,17,19,23,30,32-33H,16,18H2,1-2H3,(H,31,34)/t23-/m1/s1. The molecule has 0 aliphatic heterocycles. The van der Waals surface area contributed by atoms with Crippen LogP contribution in [0.2, 0.25) is 0 Å². The molecule has 6 heteroatoms. The number of carbonyl (C=O) groups is 1. The van der Waals surface area contributed by atoms with Crippen LogP contribution in [0, 0.1) is 11.8 Å². The summed E-state index contributed by atoms with van der Waals surface area (Å²) in [6, 6.07) is 19.3. The van der Waals surface area contributed by atoms with E-state index in [9.17, 15) is 15.0 Å². The van der Waals surface area contributed by atoms with Crippen molar-refractivity contribution in [3.8, 4) is 23.3 Å². The van der Waals surface area contributed by atoms with E-state index in [0.29, 0.717) is 28.9 Å². The molecule has 4 N–H and O–H groups in total. The number of aliphatic hydroxyl groups is 1. The number of nitrogens with one attached hydrogen (secondary N) is 2. The quantitative estimate of drug-likeness (QED) is 0.303. The molecule has 0 bridgehead atoms. The van der Waals surface area contributed by atoms with E-state index in [4.69, 9.17) is 4.74 Å². The Balaban J connectivity index is 1.58. The van der Waals surface area contributed by atoms with Crippen LogP contribution in [0.1, 0.15) is 40.9 Å². The SMILES string of the molecule is CC(C)Oc1ccc(C#Cc2cccc(O)c2)cc1C(=O)N[C@@H](CO)Cc1c[nH]c2ccccc12. The molecule has 1 aromatic heterocycles. The molecule has 1 atom stereocenters. The zero-order chi connectivity index (χ0) is 24.8. The summed E-state index contributed by atoms with van der Waals surface area (Å²) in [6.07, 6.45) is 2.26. The molecule has 178 valence electrons. The number of fused-ring (bicyclic) bond motifs is 1. The highest BCUT2D eigenvalue weighted by molar-refractivity contribution is 5.97. The largest absolute Gasteiger partial charge is 0.508 e. The molecule has 1 heterocycles. The second-order valence-electron chi connectivity index (χ2n) is 8.59. The number of ether oxygens (including phenoxy) is 1. The van der Waals surface area contributed by atoms with Crippen molar-refractivity contribution in [3.05, 3.63) is 95.2 Å². The molecule has 0 saturated heterocycles. The van der Waals surface area contributed by atoms with Gasteiger partial charge in [0.05, 0.1) is 24.3 Å². The fourth-order valence-electron chi connectivity index (χ4n) is 3.86. The second kappa shape index (κ2) is 10.8. The average Bonchev–Trinajstić information content (AvgIpc) is 3.25. The van der Waals surface area contributed by atoms with Crippen LogP contribution in [0.15, 0.2) is 72.9 Å². The Bertz CT molecular complexity index is 1390. The maximum atomic E-state index is 13.3. The number of aromatic nitrogens is 1. The van der Waals surface area contributed by atoms with Gasteiger partial charge >= 0.3 is 0 Å². The van der Waals surface area contributed by atoms with Gasteiger partial charge in [-0.15, -0.1) is 0 Å². The van der Waals surface area contributed by atoms with Crippen molar-refractivity contribution in [2.24, 2.45) is 0 Å². The molecule has 0 fully saturated rings. The maximum absolute atomic E-state index is 13.3. The highest BCUT2D eigenvalue weighted by Crippen LogP contribution is 2.23. The van der Waals surface area contributed by atoms with Crippen molar-refractivity contribution in [1.29, 1.82) is 0 Å². The summed E-state index contributed by atoms with van der Waals surface area (Å²) in [5.74, 6) is 6.28. The Kier molecular flexibility index (Phi) is 7.39. The van der Waals surface area contributed by atoms with Gasteiger partial charge in [-0.05, 0) is 68.3 Å². The summed E-state index contributed by atoms with van der Waals surface area (Å²) >= 11 is 0. The van der Waals surface area contributed by atoms with Gasteiger partial charge in [-0.1, -0.05) is 36.1 Å². The third-order valence-corrected chi connectivity index (χ3v) is 5.48. The lowest BCUT2D eigenvalue weighted by molar-refractivity contribution is 0.0910. The van der Waals surface area contributed by atoms with Crippen molar-refractivity contribution in [2.45, 2.75) is 32.4 Å². The van der Waals surface area contributed by atoms with Crippen molar-refractivity contribution >= 4 is 16.8 Å². The van der Waals surface area contributed by atoms with Gasteiger partial charge in [0.15, 0.2) is 0 Å². The number of rotatable bonds is 7. The number of H-pyrrole nitrogens is 1. The molecule has 0 radical (unpaired) electrons. The number of aromatic amines is 1. The summed E-state index contributed by atoms with van der Waals surface area (Å²) in [5.41, 5.74) is 3.67. The van der Waals surface area contributed by atoms with E-state index in [1.807, 2.05) is 44.3 Å². The number of para-hydroxylation sites is 1. The molecule has 0 spiro atoms. The molecule has 4 aromatic rings. The van der Waals surface area contributed by atoms with Crippen molar-refractivity contribution in [2.75, 3.05) is 6.61 Å². The minimum Gasteiger partial charge on any atom is -0.508 e. The summed E-state index contributed by atoms with van der Waals surface area (Å²) < 4.78 is 5.87. The molecule has 0 saturated carbocycles. The zero-order valence-corrected chi connectivity index (χ0v) is 19.7. The third-order valence-electron chi connectivity index (χ3n) is 5.48. The van der Waals surface area contributed by atoms with Gasteiger partial charge in [-0.2, -0.15) is 0 Å². The Morgan fingerprint density at radius 2 is 1.80 bits per heavy atom. The monoisotopic (exact) mass is 468 g/mol. The Morgan fingerprint density at radius 1 is 1.03 bits per heavy atom. The summed E-state index contributed by atoms with van der Waals surface area (Å²) in [5, 5.41) is 23.6. The number of hydrogen-bond donors (Lipinski definition) is 4. The average molecular weight is 469 g/mol. The van der Waals surface area contributed by atoms with E-state index < -0.39 is 6.04 Å². The molecule has 0 aliphatic carbocycles. The molecular formula is C29H28N2O4. The summed E-state index contributed by atoms with van der Waals surface area (Å²) in [7, 11) is 0. The summed E-state index contributed by atoms with van der Waals surface area (Å²) in [6.45, 7) is 3.58. The molecule has 3 aromatic carbocycles. The highest BCUT2D eigenvalue weighted by atomic mass is 16.5. The van der Waals surface area contributed by atoms with Gasteiger partial charge in [0.1, 0.15) is 11.5 Å². The fraction of sp³-hybridized carbons (Fsp3) is 0.207. The Morgan fingerprint density at radius 3 is 2.54 bits per heavy atom. The molecule has 0 aliphatic rings. The predicted octanol–water partition coefficient (Wildman–Crippen LogP) is 4.39.